The van der Waals surface area contributed by atoms with Gasteiger partial charge in [-0.15, -0.1) is 10.2 Å². The van der Waals surface area contributed by atoms with Gasteiger partial charge in [0.2, 0.25) is 0 Å². The predicted octanol–water partition coefficient (Wildman–Crippen LogP) is 3.51. The van der Waals surface area contributed by atoms with Gasteiger partial charge in [0, 0.05) is 31.7 Å². The highest BCUT2D eigenvalue weighted by Gasteiger charge is 2.22. The molecule has 4 rings (SSSR count). The van der Waals surface area contributed by atoms with Gasteiger partial charge in [-0.2, -0.15) is 0 Å². The molecular weight excluding hydrogens is 432 g/mol. The number of amides is 1. The minimum absolute atomic E-state index is 0.00584. The first kappa shape index (κ1) is 23.4. The topological polar surface area (TPSA) is 77.0 Å². The quantitative estimate of drug-likeness (QED) is 0.532. The van der Waals surface area contributed by atoms with E-state index in [0.717, 1.165) is 34.0 Å². The molecule has 0 N–H and O–H groups in total. The van der Waals surface area contributed by atoms with Crippen LogP contribution in [0.2, 0.25) is 0 Å². The third-order valence-corrected chi connectivity index (χ3v) is 5.84. The molecule has 0 atom stereocenters. The zero-order chi connectivity index (χ0) is 24.1. The van der Waals surface area contributed by atoms with E-state index in [1.54, 1.807) is 14.2 Å². The number of aromatic nitrogens is 2. The van der Waals surface area contributed by atoms with Crippen LogP contribution >= 0.6 is 0 Å². The molecule has 0 saturated carbocycles. The van der Waals surface area contributed by atoms with E-state index in [0.29, 0.717) is 37.7 Å². The summed E-state index contributed by atoms with van der Waals surface area (Å²) in [6, 6.07) is 15.5. The molecule has 8 nitrogen and oxygen atoms in total. The summed E-state index contributed by atoms with van der Waals surface area (Å²) in [5.41, 5.74) is 3.89. The molecule has 2 heterocycles. The number of anilines is 1. The van der Waals surface area contributed by atoms with Crippen LogP contribution in [0.5, 0.6) is 17.2 Å². The SMILES string of the molecule is COc1ccc(-c2ccc(N3CCN(C(=O)COc4cc(C)cc(C)c4)CC3)nn2)cc1OC. The Hall–Kier alpha value is -3.81. The van der Waals surface area contributed by atoms with E-state index in [-0.39, 0.29) is 12.5 Å². The smallest absolute Gasteiger partial charge is 0.260 e. The molecular formula is C26H30N4O4. The molecule has 0 spiro atoms. The van der Waals surface area contributed by atoms with Gasteiger partial charge in [0.1, 0.15) is 5.75 Å². The summed E-state index contributed by atoms with van der Waals surface area (Å²) in [6.07, 6.45) is 0. The van der Waals surface area contributed by atoms with Crippen LogP contribution in [-0.2, 0) is 4.79 Å². The lowest BCUT2D eigenvalue weighted by Crippen LogP contribution is -2.50. The van der Waals surface area contributed by atoms with E-state index in [9.17, 15) is 4.79 Å². The molecule has 2 aromatic carbocycles. The molecule has 0 unspecified atom stereocenters. The first-order chi connectivity index (χ1) is 16.5. The monoisotopic (exact) mass is 462 g/mol. The molecule has 0 radical (unpaired) electrons. The number of nitrogens with zero attached hydrogens (tertiary/aromatic N) is 4. The van der Waals surface area contributed by atoms with Gasteiger partial charge in [0.25, 0.3) is 5.91 Å². The Balaban J connectivity index is 1.32. The van der Waals surface area contributed by atoms with Crippen LogP contribution in [0.1, 0.15) is 11.1 Å². The molecule has 1 fully saturated rings. The summed E-state index contributed by atoms with van der Waals surface area (Å²) in [7, 11) is 3.22. The molecule has 8 heteroatoms. The van der Waals surface area contributed by atoms with Gasteiger partial charge in [-0.3, -0.25) is 4.79 Å². The van der Waals surface area contributed by atoms with Crippen LogP contribution < -0.4 is 19.1 Å². The summed E-state index contributed by atoms with van der Waals surface area (Å²) in [5.74, 6) is 2.83. The molecule has 1 amide bonds. The Kier molecular flexibility index (Phi) is 7.15. The van der Waals surface area contributed by atoms with Crippen LogP contribution in [0.15, 0.2) is 48.5 Å². The van der Waals surface area contributed by atoms with Crippen molar-refractivity contribution < 1.29 is 19.0 Å². The number of benzene rings is 2. The van der Waals surface area contributed by atoms with Gasteiger partial charge < -0.3 is 24.0 Å². The van der Waals surface area contributed by atoms with Crippen LogP contribution in [-0.4, -0.2) is 68.0 Å². The number of carbonyl (C=O) groups is 1. The van der Waals surface area contributed by atoms with Crippen molar-refractivity contribution in [3.63, 3.8) is 0 Å². The third kappa shape index (κ3) is 5.39. The minimum Gasteiger partial charge on any atom is -0.493 e. The molecule has 1 aliphatic rings. The number of ether oxygens (including phenoxy) is 3. The molecule has 34 heavy (non-hydrogen) atoms. The Morgan fingerprint density at radius 3 is 2.18 bits per heavy atom. The van der Waals surface area contributed by atoms with Crippen LogP contribution in [0.3, 0.4) is 0 Å². The predicted molar refractivity (Wildman–Crippen MR) is 131 cm³/mol. The van der Waals surface area contributed by atoms with Gasteiger partial charge in [-0.1, -0.05) is 6.07 Å². The van der Waals surface area contributed by atoms with Crippen LogP contribution in [0, 0.1) is 13.8 Å². The summed E-state index contributed by atoms with van der Waals surface area (Å²) in [5, 5.41) is 8.81. The standard InChI is InChI=1S/C26H30N4O4/c1-18-13-19(2)15-21(14-18)34-17-26(31)30-11-9-29(10-12-30)25-8-6-22(27-28-25)20-5-7-23(32-3)24(16-20)33-4/h5-8,13-16H,9-12,17H2,1-4H3. The number of rotatable bonds is 7. The van der Waals surface area contributed by atoms with E-state index in [4.69, 9.17) is 14.2 Å². The largest absolute Gasteiger partial charge is 0.493 e. The number of hydrogen-bond donors (Lipinski definition) is 0. The fraction of sp³-hybridized carbons (Fsp3) is 0.346. The van der Waals surface area contributed by atoms with Crippen LogP contribution in [0.25, 0.3) is 11.3 Å². The maximum Gasteiger partial charge on any atom is 0.260 e. The lowest BCUT2D eigenvalue weighted by molar-refractivity contribution is -0.133. The maximum absolute atomic E-state index is 12.6. The molecule has 1 aliphatic heterocycles. The van der Waals surface area contributed by atoms with Crippen molar-refractivity contribution in [3.05, 3.63) is 59.7 Å². The summed E-state index contributed by atoms with van der Waals surface area (Å²) >= 11 is 0. The Morgan fingerprint density at radius 1 is 0.853 bits per heavy atom. The zero-order valence-corrected chi connectivity index (χ0v) is 20.1. The summed E-state index contributed by atoms with van der Waals surface area (Å²) in [6.45, 7) is 6.71. The zero-order valence-electron chi connectivity index (χ0n) is 20.1. The second-order valence-electron chi connectivity index (χ2n) is 8.33. The fourth-order valence-corrected chi connectivity index (χ4v) is 4.08. The summed E-state index contributed by atoms with van der Waals surface area (Å²) in [4.78, 5) is 16.6. The second kappa shape index (κ2) is 10.4. The Morgan fingerprint density at radius 2 is 1.56 bits per heavy atom. The summed E-state index contributed by atoms with van der Waals surface area (Å²) < 4.78 is 16.4. The molecule has 3 aromatic rings. The van der Waals surface area contributed by atoms with Crippen molar-refractivity contribution in [1.82, 2.24) is 15.1 Å². The second-order valence-corrected chi connectivity index (χ2v) is 8.33. The average molecular weight is 463 g/mol. The van der Waals surface area contributed by atoms with E-state index < -0.39 is 0 Å². The normalized spacial score (nSPS) is 13.5. The van der Waals surface area contributed by atoms with Gasteiger partial charge >= 0.3 is 0 Å². The third-order valence-electron chi connectivity index (χ3n) is 5.84. The fourth-order valence-electron chi connectivity index (χ4n) is 4.08. The van der Waals surface area contributed by atoms with E-state index in [1.807, 2.05) is 61.2 Å². The van der Waals surface area contributed by atoms with Gasteiger partial charge in [-0.05, 0) is 67.4 Å². The number of piperazine rings is 1. The van der Waals surface area contributed by atoms with Crippen LogP contribution in [0.4, 0.5) is 5.82 Å². The first-order valence-electron chi connectivity index (χ1n) is 11.3. The lowest BCUT2D eigenvalue weighted by atomic mass is 10.1. The average Bonchev–Trinajstić information content (AvgIpc) is 2.86. The number of hydrogen-bond acceptors (Lipinski definition) is 7. The highest BCUT2D eigenvalue weighted by molar-refractivity contribution is 5.78. The van der Waals surface area contributed by atoms with Crippen molar-refractivity contribution >= 4 is 11.7 Å². The Labute approximate surface area is 200 Å². The van der Waals surface area contributed by atoms with Crippen molar-refractivity contribution in [2.75, 3.05) is 51.9 Å². The molecule has 1 aromatic heterocycles. The Bertz CT molecular complexity index is 1120. The molecule has 0 bridgehead atoms. The van der Waals surface area contributed by atoms with Gasteiger partial charge in [0.15, 0.2) is 23.9 Å². The van der Waals surface area contributed by atoms with E-state index in [2.05, 4.69) is 21.2 Å². The number of methoxy groups -OCH3 is 2. The van der Waals surface area contributed by atoms with Crippen molar-refractivity contribution in [1.29, 1.82) is 0 Å². The first-order valence-corrected chi connectivity index (χ1v) is 11.3. The number of aryl methyl sites for hydroxylation is 2. The van der Waals surface area contributed by atoms with Crippen molar-refractivity contribution in [2.24, 2.45) is 0 Å². The molecule has 0 aliphatic carbocycles. The van der Waals surface area contributed by atoms with E-state index in [1.165, 1.54) is 0 Å². The van der Waals surface area contributed by atoms with Gasteiger partial charge in [-0.25, -0.2) is 0 Å². The maximum atomic E-state index is 12.6. The highest BCUT2D eigenvalue weighted by atomic mass is 16.5. The highest BCUT2D eigenvalue weighted by Crippen LogP contribution is 2.31. The minimum atomic E-state index is -0.00584. The van der Waals surface area contributed by atoms with Crippen molar-refractivity contribution in [3.8, 4) is 28.5 Å². The van der Waals surface area contributed by atoms with E-state index >= 15 is 0 Å². The molecule has 1 saturated heterocycles. The van der Waals surface area contributed by atoms with Gasteiger partial charge in [0.05, 0.1) is 19.9 Å². The van der Waals surface area contributed by atoms with Crippen molar-refractivity contribution in [2.45, 2.75) is 13.8 Å². The molecule has 178 valence electrons. The number of carbonyl (C=O) groups excluding carboxylic acids is 1. The lowest BCUT2D eigenvalue weighted by Gasteiger charge is -2.35.